The van der Waals surface area contributed by atoms with Gasteiger partial charge in [-0.15, -0.1) is 24.9 Å². The summed E-state index contributed by atoms with van der Waals surface area (Å²) in [5, 5.41) is 10.8. The van der Waals surface area contributed by atoms with Crippen LogP contribution in [0.3, 0.4) is 0 Å². The Hall–Kier alpha value is -2.29. The average molecular weight is 546 g/mol. The third-order valence-electron chi connectivity index (χ3n) is 8.27. The summed E-state index contributed by atoms with van der Waals surface area (Å²) >= 11 is 7.74. The third kappa shape index (κ3) is 4.31. The zero-order valence-corrected chi connectivity index (χ0v) is 23.3. The number of halogens is 1. The number of hydrogen-bond donors (Lipinski definition) is 1. The van der Waals surface area contributed by atoms with Crippen molar-refractivity contribution in [3.8, 4) is 0 Å². The van der Waals surface area contributed by atoms with Gasteiger partial charge in [0.1, 0.15) is 6.04 Å². The molecule has 3 heterocycles. The van der Waals surface area contributed by atoms with E-state index in [1.54, 1.807) is 69.9 Å². The van der Waals surface area contributed by atoms with Crippen molar-refractivity contribution in [2.75, 3.05) is 31.6 Å². The predicted octanol–water partition coefficient (Wildman–Crippen LogP) is 3.61. The number of aliphatic hydroxyl groups is 1. The van der Waals surface area contributed by atoms with Gasteiger partial charge in [0, 0.05) is 36.1 Å². The molecule has 3 unspecified atom stereocenters. The largest absolute Gasteiger partial charge is 0.394 e. The van der Waals surface area contributed by atoms with Crippen LogP contribution in [0.2, 0.25) is 5.02 Å². The standard InChI is InChI=1S/C28H36ClN3O4S/c1-6-13-30(5)25(34)22-21-15-17(4)28(37-21)23(22)26(35)32(19(8-3)16-33)24(28)27(36)31(14-7-2)20-11-9-18(29)10-12-20/h6-7,9-12,17,19,21-24,33H,1-2,8,13-16H2,3-5H3/t17?,19-,21-,22+,23-,24?,28?/m0/s1. The number of fused-ring (bicyclic) bond motifs is 1. The van der Waals surface area contributed by atoms with Crippen molar-refractivity contribution in [3.05, 3.63) is 54.6 Å². The van der Waals surface area contributed by atoms with Gasteiger partial charge < -0.3 is 19.8 Å². The van der Waals surface area contributed by atoms with Crippen LogP contribution in [-0.4, -0.2) is 81.5 Å². The smallest absolute Gasteiger partial charge is 0.251 e. The number of likely N-dealkylation sites (N-methyl/N-ethyl adjacent to an activating group) is 1. The summed E-state index contributed by atoms with van der Waals surface area (Å²) in [4.78, 5) is 47.3. The lowest BCUT2D eigenvalue weighted by Crippen LogP contribution is -2.59. The Kier molecular flexibility index (Phi) is 8.12. The molecule has 0 aliphatic carbocycles. The van der Waals surface area contributed by atoms with Crippen molar-refractivity contribution in [1.82, 2.24) is 9.80 Å². The molecule has 2 bridgehead atoms. The number of hydrogen-bond acceptors (Lipinski definition) is 5. The van der Waals surface area contributed by atoms with Crippen molar-refractivity contribution >= 4 is 46.8 Å². The number of carbonyl (C=O) groups is 3. The monoisotopic (exact) mass is 545 g/mol. The molecule has 1 N–H and O–H groups in total. The highest BCUT2D eigenvalue weighted by atomic mass is 35.5. The average Bonchev–Trinajstić information content (AvgIpc) is 3.47. The molecule has 7 atom stereocenters. The van der Waals surface area contributed by atoms with Crippen molar-refractivity contribution in [3.63, 3.8) is 0 Å². The molecule has 3 aliphatic heterocycles. The predicted molar refractivity (Wildman–Crippen MR) is 149 cm³/mol. The summed E-state index contributed by atoms with van der Waals surface area (Å²) in [6, 6.07) is 5.68. The van der Waals surface area contributed by atoms with E-state index in [4.69, 9.17) is 11.6 Å². The summed E-state index contributed by atoms with van der Waals surface area (Å²) in [6.07, 6.45) is 4.58. The van der Waals surface area contributed by atoms with Gasteiger partial charge in [-0.05, 0) is 43.0 Å². The van der Waals surface area contributed by atoms with Crippen molar-refractivity contribution in [2.24, 2.45) is 17.8 Å². The molecule has 1 spiro atoms. The minimum Gasteiger partial charge on any atom is -0.394 e. The molecule has 3 amide bonds. The first-order valence-corrected chi connectivity index (χ1v) is 14.1. The Morgan fingerprint density at radius 2 is 1.89 bits per heavy atom. The van der Waals surface area contributed by atoms with Crippen LogP contribution in [0.5, 0.6) is 0 Å². The number of rotatable bonds is 10. The second kappa shape index (κ2) is 10.8. The molecule has 1 aromatic rings. The normalized spacial score (nSPS) is 30.7. The van der Waals surface area contributed by atoms with Crippen molar-refractivity contribution in [2.45, 2.75) is 48.8 Å². The van der Waals surface area contributed by atoms with E-state index >= 15 is 0 Å². The number of aliphatic hydroxyl groups excluding tert-OH is 1. The lowest BCUT2D eigenvalue weighted by Gasteiger charge is -2.42. The SMILES string of the molecule is C=CCN(C)C(=O)[C@@H]1[C@@H]2CC(C)C3(S2)C(C(=O)N(CC=C)c2ccc(Cl)cc2)N([C@@H](CC)CO)C(=O)[C@H]13. The van der Waals surface area contributed by atoms with Crippen LogP contribution in [0.4, 0.5) is 5.69 Å². The van der Waals surface area contributed by atoms with Crippen LogP contribution >= 0.6 is 23.4 Å². The van der Waals surface area contributed by atoms with E-state index in [0.29, 0.717) is 23.7 Å². The van der Waals surface area contributed by atoms with E-state index in [1.807, 2.05) is 6.92 Å². The molecule has 4 rings (SSSR count). The molecule has 3 fully saturated rings. The molecule has 0 aromatic heterocycles. The van der Waals surface area contributed by atoms with Gasteiger partial charge in [-0.3, -0.25) is 14.4 Å². The number of carbonyl (C=O) groups excluding carboxylic acids is 3. The fraction of sp³-hybridized carbons (Fsp3) is 0.536. The third-order valence-corrected chi connectivity index (χ3v) is 10.6. The van der Waals surface area contributed by atoms with E-state index in [1.165, 1.54) is 0 Å². The summed E-state index contributed by atoms with van der Waals surface area (Å²) in [5.74, 6) is -1.63. The Balaban J connectivity index is 1.84. The number of nitrogens with zero attached hydrogens (tertiary/aromatic N) is 3. The minimum atomic E-state index is -0.815. The van der Waals surface area contributed by atoms with Crippen LogP contribution < -0.4 is 4.90 Å². The maximum Gasteiger partial charge on any atom is 0.251 e. The number of benzene rings is 1. The Morgan fingerprint density at radius 3 is 2.46 bits per heavy atom. The Morgan fingerprint density at radius 1 is 1.24 bits per heavy atom. The summed E-state index contributed by atoms with van der Waals surface area (Å²) in [5.41, 5.74) is 0.655. The lowest BCUT2D eigenvalue weighted by molar-refractivity contribution is -0.145. The first kappa shape index (κ1) is 27.7. The zero-order chi connectivity index (χ0) is 27.1. The molecule has 1 aromatic carbocycles. The highest BCUT2D eigenvalue weighted by Gasteiger charge is 2.76. The van der Waals surface area contributed by atoms with E-state index in [-0.39, 0.29) is 42.0 Å². The first-order valence-electron chi connectivity index (χ1n) is 12.8. The highest BCUT2D eigenvalue weighted by Crippen LogP contribution is 2.69. The molecular formula is C28H36ClN3O4S. The summed E-state index contributed by atoms with van der Waals surface area (Å²) < 4.78 is -0.761. The van der Waals surface area contributed by atoms with Gasteiger partial charge in [0.05, 0.1) is 29.2 Å². The summed E-state index contributed by atoms with van der Waals surface area (Å²) in [7, 11) is 1.73. The van der Waals surface area contributed by atoms with Crippen LogP contribution in [0.1, 0.15) is 26.7 Å². The molecular weight excluding hydrogens is 510 g/mol. The number of likely N-dealkylation sites (tertiary alicyclic amines) is 1. The minimum absolute atomic E-state index is 0.0381. The second-order valence-corrected chi connectivity index (χ2v) is 12.2. The fourth-order valence-corrected chi connectivity index (χ4v) is 9.11. The Bertz CT molecular complexity index is 1080. The number of anilines is 1. The molecule has 9 heteroatoms. The van der Waals surface area contributed by atoms with Crippen LogP contribution in [-0.2, 0) is 14.4 Å². The van der Waals surface area contributed by atoms with Crippen molar-refractivity contribution in [1.29, 1.82) is 0 Å². The second-order valence-electron chi connectivity index (χ2n) is 10.3. The van der Waals surface area contributed by atoms with E-state index in [0.717, 1.165) is 6.42 Å². The lowest BCUT2D eigenvalue weighted by atomic mass is 9.65. The molecule has 3 saturated heterocycles. The van der Waals surface area contributed by atoms with Gasteiger partial charge in [0.15, 0.2) is 0 Å². The van der Waals surface area contributed by atoms with Gasteiger partial charge in [-0.2, -0.15) is 0 Å². The Labute approximate surface area is 228 Å². The number of thioether (sulfide) groups is 1. The van der Waals surface area contributed by atoms with Gasteiger partial charge in [0.25, 0.3) is 5.91 Å². The van der Waals surface area contributed by atoms with Gasteiger partial charge in [0.2, 0.25) is 11.8 Å². The maximum atomic E-state index is 14.5. The topological polar surface area (TPSA) is 81.2 Å². The molecule has 200 valence electrons. The fourth-order valence-electron chi connectivity index (χ4n) is 6.59. The molecule has 7 nitrogen and oxygen atoms in total. The molecule has 0 saturated carbocycles. The van der Waals surface area contributed by atoms with Crippen molar-refractivity contribution < 1.29 is 19.5 Å². The highest BCUT2D eigenvalue weighted by molar-refractivity contribution is 8.02. The zero-order valence-electron chi connectivity index (χ0n) is 21.7. The van der Waals surface area contributed by atoms with Crippen LogP contribution in [0.25, 0.3) is 0 Å². The van der Waals surface area contributed by atoms with Crippen LogP contribution in [0.15, 0.2) is 49.6 Å². The molecule has 0 radical (unpaired) electrons. The van der Waals surface area contributed by atoms with E-state index in [9.17, 15) is 19.5 Å². The quantitative estimate of drug-likeness (QED) is 0.454. The van der Waals surface area contributed by atoms with E-state index in [2.05, 4.69) is 20.1 Å². The number of amides is 3. The molecule has 37 heavy (non-hydrogen) atoms. The molecule has 3 aliphatic rings. The van der Waals surface area contributed by atoms with Gasteiger partial charge in [-0.25, -0.2) is 0 Å². The van der Waals surface area contributed by atoms with Crippen LogP contribution in [0, 0.1) is 17.8 Å². The maximum absolute atomic E-state index is 14.5. The van der Waals surface area contributed by atoms with Gasteiger partial charge >= 0.3 is 0 Å². The summed E-state index contributed by atoms with van der Waals surface area (Å²) in [6.45, 7) is 12.0. The first-order chi connectivity index (χ1) is 17.7. The van der Waals surface area contributed by atoms with Gasteiger partial charge in [-0.1, -0.05) is 37.6 Å². The van der Waals surface area contributed by atoms with E-state index < -0.39 is 28.7 Å².